The highest BCUT2D eigenvalue weighted by Crippen LogP contribution is 2.72. The highest BCUT2D eigenvalue weighted by molar-refractivity contribution is 5.86. The minimum Gasteiger partial charge on any atom is -0.478 e. The Morgan fingerprint density at radius 2 is 1.71 bits per heavy atom. The van der Waals surface area contributed by atoms with E-state index in [1.807, 2.05) is 0 Å². The Hall–Kier alpha value is -1.42. The number of Topliss-reactive ketones (excluding diaryl/α,β-unsaturated/α-hetero) is 1. The van der Waals surface area contributed by atoms with E-state index in [1.54, 1.807) is 24.1 Å². The molecule has 2 fully saturated rings. The zero-order valence-corrected chi connectivity index (χ0v) is 22.5. The maximum Gasteiger partial charge on any atom is 0.330 e. The van der Waals surface area contributed by atoms with Crippen molar-refractivity contribution in [2.24, 2.45) is 39.4 Å². The summed E-state index contributed by atoms with van der Waals surface area (Å²) in [6.07, 6.45) is 10.0. The molecule has 4 nitrogen and oxygen atoms in total. The Bertz CT molecular complexity index is 941. The van der Waals surface area contributed by atoms with E-state index < -0.39 is 12.1 Å². The Balaban J connectivity index is 1.63. The van der Waals surface area contributed by atoms with E-state index in [-0.39, 0.29) is 27.6 Å². The lowest BCUT2D eigenvalue weighted by molar-refractivity contribution is -0.139. The first-order valence-corrected chi connectivity index (χ1v) is 13.5. The minimum atomic E-state index is -0.913. The van der Waals surface area contributed by atoms with Crippen LogP contribution in [-0.4, -0.2) is 28.1 Å². The van der Waals surface area contributed by atoms with Crippen LogP contribution < -0.4 is 0 Å². The molecule has 4 aliphatic rings. The average Bonchev–Trinajstić information content (AvgIpc) is 3.05. The van der Waals surface area contributed by atoms with Crippen LogP contribution in [0.3, 0.4) is 0 Å². The second-order valence-electron chi connectivity index (χ2n) is 13.4. The van der Waals surface area contributed by atoms with Crippen molar-refractivity contribution >= 4 is 11.8 Å². The number of ketones is 1. The first kappa shape index (κ1) is 25.7. The van der Waals surface area contributed by atoms with Gasteiger partial charge in [0.05, 0.1) is 6.10 Å². The summed E-state index contributed by atoms with van der Waals surface area (Å²) in [4.78, 5) is 24.0. The molecule has 4 heteroatoms. The lowest BCUT2D eigenvalue weighted by atomic mass is 9.43. The highest BCUT2D eigenvalue weighted by atomic mass is 16.4. The van der Waals surface area contributed by atoms with Crippen molar-refractivity contribution in [1.82, 2.24) is 0 Å². The van der Waals surface area contributed by atoms with Crippen molar-refractivity contribution in [2.45, 2.75) is 112 Å². The standard InChI is InChI=1S/C30H46O4/c1-18(26(33)34)8-10-23(31)19(2)20-12-16-30(7)22-9-11-24-27(3,4)25(32)14-15-28(24,5)21(22)13-17-29(20,30)6/h8,19-20,23-24,31H,9-17H2,1-7H3,(H,33,34)/b18-8+/t19-,20+,23+,24-,28+,29+,30-/m0/s1. The molecule has 0 heterocycles. The fraction of sp³-hybridized carbons (Fsp3) is 0.800. The number of aliphatic hydroxyl groups is 1. The van der Waals surface area contributed by atoms with E-state index in [0.717, 1.165) is 44.9 Å². The van der Waals surface area contributed by atoms with Crippen LogP contribution in [0.2, 0.25) is 0 Å². The van der Waals surface area contributed by atoms with Gasteiger partial charge in [-0.15, -0.1) is 0 Å². The predicted molar refractivity (Wildman–Crippen MR) is 135 cm³/mol. The van der Waals surface area contributed by atoms with Crippen LogP contribution in [0.5, 0.6) is 0 Å². The second kappa shape index (κ2) is 8.32. The summed E-state index contributed by atoms with van der Waals surface area (Å²) in [6, 6.07) is 0. The first-order chi connectivity index (χ1) is 15.7. The second-order valence-corrected chi connectivity index (χ2v) is 13.4. The van der Waals surface area contributed by atoms with Gasteiger partial charge in [-0.1, -0.05) is 58.8 Å². The number of carbonyl (C=O) groups excluding carboxylic acids is 1. The molecule has 2 N–H and O–H groups in total. The van der Waals surface area contributed by atoms with E-state index in [4.69, 9.17) is 5.11 Å². The van der Waals surface area contributed by atoms with Crippen molar-refractivity contribution in [1.29, 1.82) is 0 Å². The Morgan fingerprint density at radius 1 is 1.03 bits per heavy atom. The molecule has 4 rings (SSSR count). The van der Waals surface area contributed by atoms with Crippen LogP contribution in [0.25, 0.3) is 0 Å². The van der Waals surface area contributed by atoms with Crippen LogP contribution in [-0.2, 0) is 9.59 Å². The SMILES string of the molecule is C/C(=C\C[C@@H](O)[C@@H](C)[C@H]1CC[C@@]2(C)C3=C(CC[C@]12C)[C@@]1(C)CCC(=O)C(C)(C)[C@@H]1CC3)C(=O)O. The molecule has 0 aliphatic heterocycles. The number of hydrogen-bond donors (Lipinski definition) is 2. The van der Waals surface area contributed by atoms with Gasteiger partial charge in [-0.05, 0) is 92.3 Å². The fourth-order valence-electron chi connectivity index (χ4n) is 9.24. The van der Waals surface area contributed by atoms with E-state index >= 15 is 0 Å². The molecule has 0 bridgehead atoms. The summed E-state index contributed by atoms with van der Waals surface area (Å²) in [5.41, 5.74) is 3.87. The topological polar surface area (TPSA) is 74.6 Å². The van der Waals surface area contributed by atoms with Crippen molar-refractivity contribution in [3.63, 3.8) is 0 Å². The molecule has 0 radical (unpaired) electrons. The van der Waals surface area contributed by atoms with Gasteiger partial charge >= 0.3 is 5.97 Å². The average molecular weight is 471 g/mol. The van der Waals surface area contributed by atoms with Gasteiger partial charge < -0.3 is 10.2 Å². The molecular weight excluding hydrogens is 424 g/mol. The number of carboxylic acid groups (broad SMARTS) is 1. The number of rotatable bonds is 5. The molecule has 0 aromatic rings. The molecule has 0 unspecified atom stereocenters. The zero-order valence-electron chi connectivity index (χ0n) is 22.5. The summed E-state index contributed by atoms with van der Waals surface area (Å²) in [5.74, 6) is 0.528. The van der Waals surface area contributed by atoms with Gasteiger partial charge in [0.15, 0.2) is 0 Å². The highest BCUT2D eigenvalue weighted by Gasteiger charge is 2.63. The Kier molecular flexibility index (Phi) is 6.28. The Morgan fingerprint density at radius 3 is 2.35 bits per heavy atom. The number of carbonyl (C=O) groups is 2. The van der Waals surface area contributed by atoms with Crippen molar-refractivity contribution < 1.29 is 19.8 Å². The maximum atomic E-state index is 12.8. The quantitative estimate of drug-likeness (QED) is 0.345. The molecule has 34 heavy (non-hydrogen) atoms. The van der Waals surface area contributed by atoms with Crippen LogP contribution in [0.15, 0.2) is 22.8 Å². The zero-order chi connectivity index (χ0) is 25.3. The maximum absolute atomic E-state index is 12.8. The Labute approximate surface area is 206 Å². The van der Waals surface area contributed by atoms with E-state index in [1.165, 1.54) is 0 Å². The molecular formula is C30H46O4. The smallest absolute Gasteiger partial charge is 0.330 e. The first-order valence-electron chi connectivity index (χ1n) is 13.5. The fourth-order valence-corrected chi connectivity index (χ4v) is 9.24. The third kappa shape index (κ3) is 3.49. The van der Waals surface area contributed by atoms with Gasteiger partial charge in [-0.3, -0.25) is 4.79 Å². The van der Waals surface area contributed by atoms with Gasteiger partial charge in [0, 0.05) is 17.4 Å². The van der Waals surface area contributed by atoms with E-state index in [9.17, 15) is 14.7 Å². The molecule has 4 aliphatic carbocycles. The van der Waals surface area contributed by atoms with Crippen LogP contribution >= 0.6 is 0 Å². The van der Waals surface area contributed by atoms with Crippen molar-refractivity contribution in [3.8, 4) is 0 Å². The minimum absolute atomic E-state index is 0.130. The lowest BCUT2D eigenvalue weighted by Gasteiger charge is -2.61. The molecule has 0 saturated heterocycles. The van der Waals surface area contributed by atoms with Crippen LogP contribution in [0, 0.1) is 39.4 Å². The van der Waals surface area contributed by atoms with Gasteiger partial charge in [-0.25, -0.2) is 4.79 Å². The third-order valence-electron chi connectivity index (χ3n) is 11.8. The van der Waals surface area contributed by atoms with Gasteiger partial charge in [0.1, 0.15) is 5.78 Å². The summed E-state index contributed by atoms with van der Waals surface area (Å²) >= 11 is 0. The summed E-state index contributed by atoms with van der Waals surface area (Å²) in [7, 11) is 0. The summed E-state index contributed by atoms with van der Waals surface area (Å²) in [6.45, 7) is 15.6. The monoisotopic (exact) mass is 470 g/mol. The number of hydrogen-bond acceptors (Lipinski definition) is 3. The molecule has 0 amide bonds. The lowest BCUT2D eigenvalue weighted by Crippen LogP contribution is -2.54. The predicted octanol–water partition coefficient (Wildman–Crippen LogP) is 6.72. The number of aliphatic hydroxyl groups excluding tert-OH is 1. The third-order valence-corrected chi connectivity index (χ3v) is 11.8. The van der Waals surface area contributed by atoms with E-state index in [0.29, 0.717) is 36.0 Å². The van der Waals surface area contributed by atoms with Crippen LogP contribution in [0.1, 0.15) is 106 Å². The van der Waals surface area contributed by atoms with Crippen molar-refractivity contribution in [2.75, 3.05) is 0 Å². The van der Waals surface area contributed by atoms with Gasteiger partial charge in [-0.2, -0.15) is 0 Å². The van der Waals surface area contributed by atoms with Crippen LogP contribution in [0.4, 0.5) is 0 Å². The molecule has 0 aromatic carbocycles. The van der Waals surface area contributed by atoms with Gasteiger partial charge in [0.2, 0.25) is 0 Å². The number of carboxylic acids is 1. The number of fused-ring (bicyclic) bond motifs is 4. The number of allylic oxidation sites excluding steroid dienone is 2. The summed E-state index contributed by atoms with van der Waals surface area (Å²) in [5, 5.41) is 20.2. The molecule has 0 aromatic heterocycles. The largest absolute Gasteiger partial charge is 0.478 e. The number of aliphatic carboxylic acids is 1. The van der Waals surface area contributed by atoms with Crippen molar-refractivity contribution in [3.05, 3.63) is 22.8 Å². The van der Waals surface area contributed by atoms with Gasteiger partial charge in [0.25, 0.3) is 0 Å². The molecule has 0 spiro atoms. The molecule has 2 saturated carbocycles. The van der Waals surface area contributed by atoms with E-state index in [2.05, 4.69) is 41.5 Å². The summed E-state index contributed by atoms with van der Waals surface area (Å²) < 4.78 is 0. The molecule has 190 valence electrons. The molecule has 7 atom stereocenters. The normalized spacial score (nSPS) is 41.4.